The number of rotatable bonds is 7. The maximum Gasteiger partial charge on any atom is 0.340 e. The van der Waals surface area contributed by atoms with Crippen molar-refractivity contribution in [3.8, 4) is 0 Å². The van der Waals surface area contributed by atoms with E-state index in [9.17, 15) is 19.8 Å². The van der Waals surface area contributed by atoms with Crippen LogP contribution in [0.1, 0.15) is 33.6 Å². The Bertz CT molecular complexity index is 293. The Kier molecular flexibility index (Phi) is 6.45. The summed E-state index contributed by atoms with van der Waals surface area (Å²) in [5.41, 5.74) is -0.0444. The van der Waals surface area contributed by atoms with E-state index in [1.165, 1.54) is 0 Å². The third kappa shape index (κ3) is 5.57. The molecule has 6 nitrogen and oxygen atoms in total. The quantitative estimate of drug-likeness (QED) is 0.566. The van der Waals surface area contributed by atoms with Gasteiger partial charge in [0.15, 0.2) is 0 Å². The lowest BCUT2D eigenvalue weighted by molar-refractivity contribution is -0.160. The standard InChI is InChI=1S/C12H22O6/c1-12(2,3)6-5-7(13)8(14)9(15)10(18-4)11(16)17/h7-8,10,13-14H,5-6H2,1-4H3,(H,16,17)/t7-,8+,10?/m1/s1. The average Bonchev–Trinajstić information content (AvgIpc) is 2.24. The Hall–Kier alpha value is -0.980. The number of aliphatic hydroxyl groups is 2. The topological polar surface area (TPSA) is 104 Å². The normalized spacial score (nSPS) is 17.0. The Balaban J connectivity index is 4.49. The van der Waals surface area contributed by atoms with Gasteiger partial charge in [0.2, 0.25) is 11.9 Å². The lowest BCUT2D eigenvalue weighted by Crippen LogP contribution is -2.45. The molecule has 0 fully saturated rings. The molecule has 0 aromatic heterocycles. The molecule has 6 heteroatoms. The molecule has 18 heavy (non-hydrogen) atoms. The Morgan fingerprint density at radius 2 is 1.72 bits per heavy atom. The second-order valence-corrected chi connectivity index (χ2v) is 5.47. The van der Waals surface area contributed by atoms with E-state index in [1.807, 2.05) is 20.8 Å². The molecule has 0 bridgehead atoms. The first kappa shape index (κ1) is 17.0. The number of carboxylic acid groups (broad SMARTS) is 1. The van der Waals surface area contributed by atoms with Crippen LogP contribution in [0.2, 0.25) is 0 Å². The predicted molar refractivity (Wildman–Crippen MR) is 64.1 cm³/mol. The summed E-state index contributed by atoms with van der Waals surface area (Å²) in [5, 5.41) is 27.9. The van der Waals surface area contributed by atoms with Crippen LogP contribution >= 0.6 is 0 Å². The highest BCUT2D eigenvalue weighted by molar-refractivity contribution is 6.03. The first-order chi connectivity index (χ1) is 8.10. The highest BCUT2D eigenvalue weighted by atomic mass is 16.5. The molecule has 106 valence electrons. The average molecular weight is 262 g/mol. The number of hydrogen-bond acceptors (Lipinski definition) is 5. The van der Waals surface area contributed by atoms with Gasteiger partial charge in [0.1, 0.15) is 6.10 Å². The SMILES string of the molecule is COC(C(=O)O)C(=O)[C@@H](O)[C@H](O)CCC(C)(C)C. The Morgan fingerprint density at radius 1 is 1.22 bits per heavy atom. The predicted octanol–water partition coefficient (Wildman–Crippen LogP) is 0.203. The van der Waals surface area contributed by atoms with E-state index in [1.54, 1.807) is 0 Å². The number of ketones is 1. The second-order valence-electron chi connectivity index (χ2n) is 5.47. The number of Topliss-reactive ketones (excluding diaryl/α,β-unsaturated/α-hetero) is 1. The van der Waals surface area contributed by atoms with E-state index in [4.69, 9.17) is 5.11 Å². The highest BCUT2D eigenvalue weighted by Crippen LogP contribution is 2.22. The summed E-state index contributed by atoms with van der Waals surface area (Å²) >= 11 is 0. The molecule has 0 spiro atoms. The van der Waals surface area contributed by atoms with Crippen molar-refractivity contribution in [1.82, 2.24) is 0 Å². The third-order valence-electron chi connectivity index (χ3n) is 2.56. The van der Waals surface area contributed by atoms with Crippen molar-refractivity contribution >= 4 is 11.8 Å². The molecule has 3 N–H and O–H groups in total. The minimum Gasteiger partial charge on any atom is -0.479 e. The molecule has 0 aliphatic carbocycles. The number of carboxylic acids is 1. The van der Waals surface area contributed by atoms with Gasteiger partial charge in [-0.05, 0) is 18.3 Å². The molecule has 1 unspecified atom stereocenters. The fraction of sp³-hybridized carbons (Fsp3) is 0.833. The van der Waals surface area contributed by atoms with Gasteiger partial charge in [-0.1, -0.05) is 20.8 Å². The van der Waals surface area contributed by atoms with E-state index in [2.05, 4.69) is 4.74 Å². The molecule has 0 aliphatic rings. The van der Waals surface area contributed by atoms with E-state index in [0.29, 0.717) is 6.42 Å². The zero-order valence-electron chi connectivity index (χ0n) is 11.2. The summed E-state index contributed by atoms with van der Waals surface area (Å²) in [4.78, 5) is 22.2. The van der Waals surface area contributed by atoms with E-state index < -0.39 is 30.1 Å². The van der Waals surface area contributed by atoms with Gasteiger partial charge in [-0.15, -0.1) is 0 Å². The van der Waals surface area contributed by atoms with Crippen LogP contribution < -0.4 is 0 Å². The first-order valence-electron chi connectivity index (χ1n) is 5.75. The lowest BCUT2D eigenvalue weighted by atomic mass is 9.87. The number of carbonyl (C=O) groups excluding carboxylic acids is 1. The van der Waals surface area contributed by atoms with Crippen LogP contribution in [0.25, 0.3) is 0 Å². The second kappa shape index (κ2) is 6.82. The molecule has 0 aliphatic heterocycles. The summed E-state index contributed by atoms with van der Waals surface area (Å²) in [5.74, 6) is -2.52. The van der Waals surface area contributed by atoms with Gasteiger partial charge < -0.3 is 20.1 Å². The van der Waals surface area contributed by atoms with Gasteiger partial charge in [0.25, 0.3) is 0 Å². The molecular weight excluding hydrogens is 240 g/mol. The molecule has 0 saturated heterocycles. The van der Waals surface area contributed by atoms with E-state index >= 15 is 0 Å². The monoisotopic (exact) mass is 262 g/mol. The van der Waals surface area contributed by atoms with Gasteiger partial charge in [-0.3, -0.25) is 4.79 Å². The first-order valence-corrected chi connectivity index (χ1v) is 5.75. The van der Waals surface area contributed by atoms with Gasteiger partial charge in [0, 0.05) is 7.11 Å². The summed E-state index contributed by atoms with van der Waals surface area (Å²) in [7, 11) is 1.06. The van der Waals surface area contributed by atoms with Crippen LogP contribution in [0.4, 0.5) is 0 Å². The molecule has 0 radical (unpaired) electrons. The molecule has 0 amide bonds. The fourth-order valence-electron chi connectivity index (χ4n) is 1.42. The lowest BCUT2D eigenvalue weighted by Gasteiger charge is -2.23. The Morgan fingerprint density at radius 3 is 2.06 bits per heavy atom. The Labute approximate surface area is 107 Å². The van der Waals surface area contributed by atoms with Crippen molar-refractivity contribution in [2.75, 3.05) is 7.11 Å². The largest absolute Gasteiger partial charge is 0.479 e. The molecular formula is C12H22O6. The van der Waals surface area contributed by atoms with Crippen molar-refractivity contribution in [3.63, 3.8) is 0 Å². The van der Waals surface area contributed by atoms with Crippen LogP contribution in [-0.4, -0.2) is 52.5 Å². The van der Waals surface area contributed by atoms with Crippen LogP contribution in [0.5, 0.6) is 0 Å². The summed E-state index contributed by atoms with van der Waals surface area (Å²) < 4.78 is 4.47. The van der Waals surface area contributed by atoms with Crippen molar-refractivity contribution < 1.29 is 29.6 Å². The number of ether oxygens (including phenoxy) is 1. The van der Waals surface area contributed by atoms with Gasteiger partial charge in [0.05, 0.1) is 6.10 Å². The zero-order chi connectivity index (χ0) is 14.5. The molecule has 0 aromatic rings. The maximum absolute atomic E-state index is 11.6. The van der Waals surface area contributed by atoms with Crippen LogP contribution in [-0.2, 0) is 14.3 Å². The number of methoxy groups -OCH3 is 1. The van der Waals surface area contributed by atoms with Crippen LogP contribution in [0.15, 0.2) is 0 Å². The minimum absolute atomic E-state index is 0.0444. The van der Waals surface area contributed by atoms with Crippen molar-refractivity contribution in [3.05, 3.63) is 0 Å². The molecule has 0 rings (SSSR count). The van der Waals surface area contributed by atoms with E-state index in [-0.39, 0.29) is 11.8 Å². The summed E-state index contributed by atoms with van der Waals surface area (Å²) in [6.45, 7) is 5.88. The van der Waals surface area contributed by atoms with Crippen molar-refractivity contribution in [2.24, 2.45) is 5.41 Å². The van der Waals surface area contributed by atoms with Crippen LogP contribution in [0, 0.1) is 5.41 Å². The molecule has 0 saturated carbocycles. The van der Waals surface area contributed by atoms with Gasteiger partial charge in [-0.2, -0.15) is 0 Å². The van der Waals surface area contributed by atoms with Crippen molar-refractivity contribution in [1.29, 1.82) is 0 Å². The molecule has 3 atom stereocenters. The number of aliphatic hydroxyl groups excluding tert-OH is 2. The fourth-order valence-corrected chi connectivity index (χ4v) is 1.42. The zero-order valence-corrected chi connectivity index (χ0v) is 11.2. The van der Waals surface area contributed by atoms with Crippen LogP contribution in [0.3, 0.4) is 0 Å². The number of carbonyl (C=O) groups is 2. The number of aliphatic carboxylic acids is 1. The third-order valence-corrected chi connectivity index (χ3v) is 2.56. The highest BCUT2D eigenvalue weighted by Gasteiger charge is 2.35. The molecule has 0 aromatic carbocycles. The van der Waals surface area contributed by atoms with Crippen molar-refractivity contribution in [2.45, 2.75) is 51.9 Å². The summed E-state index contributed by atoms with van der Waals surface area (Å²) in [6.07, 6.45) is -3.96. The molecule has 0 heterocycles. The van der Waals surface area contributed by atoms with Gasteiger partial charge in [-0.25, -0.2) is 4.79 Å². The smallest absolute Gasteiger partial charge is 0.340 e. The van der Waals surface area contributed by atoms with Gasteiger partial charge >= 0.3 is 5.97 Å². The number of hydrogen-bond donors (Lipinski definition) is 3. The summed E-state index contributed by atoms with van der Waals surface area (Å²) in [6, 6.07) is 0. The minimum atomic E-state index is -1.75. The maximum atomic E-state index is 11.6. The van der Waals surface area contributed by atoms with E-state index in [0.717, 1.165) is 7.11 Å².